The van der Waals surface area contributed by atoms with Crippen LogP contribution in [0.2, 0.25) is 0 Å². The van der Waals surface area contributed by atoms with Crippen LogP contribution in [-0.2, 0) is 4.79 Å². The van der Waals surface area contributed by atoms with Crippen LogP contribution in [0.15, 0.2) is 42.5 Å². The second-order valence-electron chi connectivity index (χ2n) is 7.03. The Hall–Kier alpha value is -2.76. The molecule has 1 fully saturated rings. The van der Waals surface area contributed by atoms with E-state index in [-0.39, 0.29) is 17.6 Å². The zero-order valence-electron chi connectivity index (χ0n) is 16.7. The van der Waals surface area contributed by atoms with E-state index in [0.717, 1.165) is 17.1 Å². The third kappa shape index (κ3) is 4.38. The molecule has 1 atom stereocenters. The fourth-order valence-corrected chi connectivity index (χ4v) is 3.63. The van der Waals surface area contributed by atoms with Gasteiger partial charge in [0.1, 0.15) is 17.3 Å². The smallest absolute Gasteiger partial charge is 0.223 e. The molecule has 5 nitrogen and oxygen atoms in total. The number of ether oxygens (including phenoxy) is 2. The maximum Gasteiger partial charge on any atom is 0.223 e. The number of hydrogen-bond donors (Lipinski definition) is 0. The van der Waals surface area contributed by atoms with Crippen LogP contribution in [0.1, 0.15) is 24.8 Å². The van der Waals surface area contributed by atoms with Gasteiger partial charge in [0, 0.05) is 38.7 Å². The molecule has 0 N–H and O–H groups in total. The van der Waals surface area contributed by atoms with E-state index in [2.05, 4.69) is 0 Å². The molecule has 0 aliphatic carbocycles. The van der Waals surface area contributed by atoms with Crippen LogP contribution in [0.4, 0.5) is 10.1 Å². The molecule has 0 bridgehead atoms. The summed E-state index contributed by atoms with van der Waals surface area (Å²) in [5.41, 5.74) is 1.59. The lowest BCUT2D eigenvalue weighted by Gasteiger charge is -2.36. The molecule has 0 radical (unpaired) electrons. The normalized spacial score (nSPS) is 15.3. The van der Waals surface area contributed by atoms with E-state index in [9.17, 15) is 9.18 Å². The summed E-state index contributed by atoms with van der Waals surface area (Å²) in [6.45, 7) is 4.48. The SMILES string of the molecule is COc1ccc(C(C)CC(=O)N2CCN(c3ccccc3F)CC2)c(OC)c1. The zero-order chi connectivity index (χ0) is 20.1. The maximum absolute atomic E-state index is 14.0. The lowest BCUT2D eigenvalue weighted by molar-refractivity contribution is -0.131. The molecule has 1 saturated heterocycles. The van der Waals surface area contributed by atoms with Crippen LogP contribution in [0, 0.1) is 5.82 Å². The van der Waals surface area contributed by atoms with Crippen LogP contribution in [0.25, 0.3) is 0 Å². The summed E-state index contributed by atoms with van der Waals surface area (Å²) in [5, 5.41) is 0. The van der Waals surface area contributed by atoms with Crippen LogP contribution in [0.5, 0.6) is 11.5 Å². The van der Waals surface area contributed by atoms with E-state index in [1.165, 1.54) is 6.07 Å². The van der Waals surface area contributed by atoms with Gasteiger partial charge in [-0.1, -0.05) is 25.1 Å². The molecular weight excluding hydrogens is 359 g/mol. The third-order valence-corrected chi connectivity index (χ3v) is 5.28. The molecule has 2 aromatic carbocycles. The number of piperazine rings is 1. The van der Waals surface area contributed by atoms with E-state index in [1.807, 2.05) is 41.0 Å². The Morgan fingerprint density at radius 1 is 1.07 bits per heavy atom. The van der Waals surface area contributed by atoms with Gasteiger partial charge in [-0.3, -0.25) is 4.79 Å². The summed E-state index contributed by atoms with van der Waals surface area (Å²) in [5.74, 6) is 1.37. The van der Waals surface area contributed by atoms with Crippen molar-refractivity contribution >= 4 is 11.6 Å². The number of amides is 1. The highest BCUT2D eigenvalue weighted by atomic mass is 19.1. The maximum atomic E-state index is 14.0. The zero-order valence-corrected chi connectivity index (χ0v) is 16.7. The van der Waals surface area contributed by atoms with Crippen molar-refractivity contribution in [3.63, 3.8) is 0 Å². The van der Waals surface area contributed by atoms with Crippen molar-refractivity contribution in [3.05, 3.63) is 53.8 Å². The van der Waals surface area contributed by atoms with Crippen molar-refractivity contribution in [1.82, 2.24) is 4.90 Å². The van der Waals surface area contributed by atoms with E-state index in [4.69, 9.17) is 9.47 Å². The standard InChI is InChI=1S/C22H27FN2O3/c1-16(18-9-8-17(27-2)15-21(18)28-3)14-22(26)25-12-10-24(11-13-25)20-7-5-4-6-19(20)23/h4-9,15-16H,10-14H2,1-3H3. The molecule has 2 aromatic rings. The number of nitrogens with zero attached hydrogens (tertiary/aromatic N) is 2. The molecule has 1 heterocycles. The van der Waals surface area contributed by atoms with E-state index in [1.54, 1.807) is 26.4 Å². The van der Waals surface area contributed by atoms with Gasteiger partial charge < -0.3 is 19.3 Å². The molecule has 1 unspecified atom stereocenters. The Morgan fingerprint density at radius 3 is 2.43 bits per heavy atom. The third-order valence-electron chi connectivity index (χ3n) is 5.28. The lowest BCUT2D eigenvalue weighted by atomic mass is 9.95. The lowest BCUT2D eigenvalue weighted by Crippen LogP contribution is -2.49. The average molecular weight is 386 g/mol. The number of halogens is 1. The Balaban J connectivity index is 1.59. The molecule has 0 saturated carbocycles. The number of carbonyl (C=O) groups excluding carboxylic acids is 1. The first-order valence-corrected chi connectivity index (χ1v) is 9.52. The summed E-state index contributed by atoms with van der Waals surface area (Å²) in [4.78, 5) is 16.6. The van der Waals surface area contributed by atoms with Gasteiger partial charge in [-0.05, 0) is 29.7 Å². The number of carbonyl (C=O) groups is 1. The second-order valence-corrected chi connectivity index (χ2v) is 7.03. The predicted octanol–water partition coefficient (Wildman–Crippen LogP) is 3.69. The summed E-state index contributed by atoms with van der Waals surface area (Å²) in [6, 6.07) is 12.4. The second kappa shape index (κ2) is 8.95. The fraction of sp³-hybridized carbons (Fsp3) is 0.409. The minimum absolute atomic E-state index is 0.0259. The van der Waals surface area contributed by atoms with Gasteiger partial charge >= 0.3 is 0 Å². The summed E-state index contributed by atoms with van der Waals surface area (Å²) < 4.78 is 24.7. The molecule has 0 spiro atoms. The number of anilines is 1. The van der Waals surface area contributed by atoms with Gasteiger partial charge in [-0.25, -0.2) is 4.39 Å². The topological polar surface area (TPSA) is 42.0 Å². The first-order chi connectivity index (χ1) is 13.5. The Bertz CT molecular complexity index is 819. The van der Waals surface area contributed by atoms with Crippen molar-refractivity contribution in [2.24, 2.45) is 0 Å². The summed E-state index contributed by atoms with van der Waals surface area (Å²) in [6.07, 6.45) is 0.405. The van der Waals surface area contributed by atoms with E-state index < -0.39 is 0 Å². The Morgan fingerprint density at radius 2 is 1.79 bits per heavy atom. The molecule has 1 amide bonds. The van der Waals surface area contributed by atoms with Crippen LogP contribution in [-0.4, -0.2) is 51.2 Å². The number of benzene rings is 2. The molecule has 1 aliphatic rings. The molecule has 1 aliphatic heterocycles. The van der Waals surface area contributed by atoms with E-state index >= 15 is 0 Å². The molecule has 6 heteroatoms. The first kappa shape index (κ1) is 20.0. The van der Waals surface area contributed by atoms with Gasteiger partial charge in [-0.15, -0.1) is 0 Å². The minimum atomic E-state index is -0.220. The molecule has 0 aromatic heterocycles. The van der Waals surface area contributed by atoms with Crippen LogP contribution >= 0.6 is 0 Å². The van der Waals surface area contributed by atoms with Gasteiger partial charge in [0.15, 0.2) is 0 Å². The van der Waals surface area contributed by atoms with Gasteiger partial charge in [0.05, 0.1) is 19.9 Å². The molecule has 150 valence electrons. The van der Waals surface area contributed by atoms with Crippen LogP contribution in [0.3, 0.4) is 0 Å². The van der Waals surface area contributed by atoms with Crippen molar-refractivity contribution in [3.8, 4) is 11.5 Å². The highest BCUT2D eigenvalue weighted by molar-refractivity contribution is 5.77. The average Bonchev–Trinajstić information content (AvgIpc) is 2.73. The number of hydrogen-bond acceptors (Lipinski definition) is 4. The number of methoxy groups -OCH3 is 2. The predicted molar refractivity (Wildman–Crippen MR) is 108 cm³/mol. The first-order valence-electron chi connectivity index (χ1n) is 9.52. The molecule has 3 rings (SSSR count). The number of para-hydroxylation sites is 1. The summed E-state index contributed by atoms with van der Waals surface area (Å²) in [7, 11) is 3.23. The quantitative estimate of drug-likeness (QED) is 0.759. The summed E-state index contributed by atoms with van der Waals surface area (Å²) >= 11 is 0. The number of rotatable bonds is 6. The van der Waals surface area contributed by atoms with Crippen molar-refractivity contribution in [1.29, 1.82) is 0 Å². The molecular formula is C22H27FN2O3. The highest BCUT2D eigenvalue weighted by Gasteiger charge is 2.25. The van der Waals surface area contributed by atoms with Crippen molar-refractivity contribution < 1.29 is 18.7 Å². The highest BCUT2D eigenvalue weighted by Crippen LogP contribution is 2.32. The monoisotopic (exact) mass is 386 g/mol. The van der Waals surface area contributed by atoms with E-state index in [0.29, 0.717) is 38.3 Å². The van der Waals surface area contributed by atoms with Gasteiger partial charge in [-0.2, -0.15) is 0 Å². The van der Waals surface area contributed by atoms with Crippen molar-refractivity contribution in [2.45, 2.75) is 19.3 Å². The Kier molecular flexibility index (Phi) is 6.39. The fourth-order valence-electron chi connectivity index (χ4n) is 3.63. The van der Waals surface area contributed by atoms with Gasteiger partial charge in [0.25, 0.3) is 0 Å². The van der Waals surface area contributed by atoms with Crippen molar-refractivity contribution in [2.75, 3.05) is 45.3 Å². The minimum Gasteiger partial charge on any atom is -0.497 e. The molecule has 28 heavy (non-hydrogen) atoms. The Labute approximate surface area is 165 Å². The van der Waals surface area contributed by atoms with Crippen LogP contribution < -0.4 is 14.4 Å². The largest absolute Gasteiger partial charge is 0.497 e. The van der Waals surface area contributed by atoms with Gasteiger partial charge in [0.2, 0.25) is 5.91 Å².